The minimum atomic E-state index is -1.87. The molecule has 0 aliphatic carbocycles. The molecule has 1 N–H and O–H groups in total. The van der Waals surface area contributed by atoms with Crippen LogP contribution >= 0.6 is 0 Å². The number of benzene rings is 1. The fraction of sp³-hybridized carbons (Fsp3) is 0.444. The van der Waals surface area contributed by atoms with Gasteiger partial charge in [-0.2, -0.15) is 15.8 Å². The highest BCUT2D eigenvalue weighted by molar-refractivity contribution is 5.89. The summed E-state index contributed by atoms with van der Waals surface area (Å²) in [5.41, 5.74) is -1.92. The van der Waals surface area contributed by atoms with Crippen molar-refractivity contribution in [2.45, 2.75) is 32.7 Å². The van der Waals surface area contributed by atoms with Gasteiger partial charge < -0.3 is 9.47 Å². The molecule has 0 amide bonds. The lowest BCUT2D eigenvalue weighted by atomic mass is 9.54. The topological polar surface area (TPSA) is 114 Å². The first kappa shape index (κ1) is 16.0. The second-order valence-corrected chi connectivity index (χ2v) is 6.53. The summed E-state index contributed by atoms with van der Waals surface area (Å²) in [5, 5.41) is 37.9. The summed E-state index contributed by atoms with van der Waals surface area (Å²) >= 11 is 0. The molecule has 1 aromatic rings. The van der Waals surface area contributed by atoms with E-state index in [0.29, 0.717) is 5.56 Å². The summed E-state index contributed by atoms with van der Waals surface area (Å²) in [7, 11) is 0. The van der Waals surface area contributed by atoms with Gasteiger partial charge in [-0.3, -0.25) is 5.41 Å². The van der Waals surface area contributed by atoms with E-state index >= 15 is 0 Å². The van der Waals surface area contributed by atoms with Gasteiger partial charge in [-0.25, -0.2) is 0 Å². The smallest absolute Gasteiger partial charge is 0.214 e. The number of aryl methyl sites for hydroxylation is 1. The third kappa shape index (κ3) is 1.58. The van der Waals surface area contributed by atoms with Crippen LogP contribution < -0.4 is 0 Å². The third-order valence-electron chi connectivity index (χ3n) is 5.38. The Kier molecular flexibility index (Phi) is 3.20. The standard InChI is InChI=1S/C18H16N4O2/c1-11-4-6-13(7-5-11)14-17(8-19,9-20)18(10-21)12(2)16(3,23-14)24-15(18)22/h4-7,12,14,22H,1-3H3/t12-,14-,16-,18-/m0/s1. The summed E-state index contributed by atoms with van der Waals surface area (Å²) < 4.78 is 11.6. The van der Waals surface area contributed by atoms with Crippen molar-refractivity contribution in [3.8, 4) is 18.2 Å². The fourth-order valence-corrected chi connectivity index (χ4v) is 3.75. The predicted octanol–water partition coefficient (Wildman–Crippen LogP) is 2.97. The van der Waals surface area contributed by atoms with Crippen molar-refractivity contribution in [1.82, 2.24) is 0 Å². The number of ether oxygens (including phenoxy) is 2. The summed E-state index contributed by atoms with van der Waals surface area (Å²) in [5.74, 6) is -2.25. The summed E-state index contributed by atoms with van der Waals surface area (Å²) in [4.78, 5) is 0. The number of rotatable bonds is 1. The maximum atomic E-state index is 9.91. The van der Waals surface area contributed by atoms with Crippen LogP contribution in [-0.2, 0) is 9.47 Å². The molecular formula is C18H16N4O2. The largest absolute Gasteiger partial charge is 0.448 e. The number of fused-ring (bicyclic) bond motifs is 2. The Bertz CT molecular complexity index is 828. The van der Waals surface area contributed by atoms with Crippen molar-refractivity contribution < 1.29 is 9.47 Å². The maximum absolute atomic E-state index is 9.91. The molecule has 2 aliphatic rings. The summed E-state index contributed by atoms with van der Waals surface area (Å²) in [6, 6.07) is 13.3. The first-order valence-electron chi connectivity index (χ1n) is 7.57. The van der Waals surface area contributed by atoms with Crippen molar-refractivity contribution in [1.29, 1.82) is 21.2 Å². The molecule has 6 nitrogen and oxygen atoms in total. The van der Waals surface area contributed by atoms with E-state index in [1.54, 1.807) is 26.0 Å². The zero-order chi connectivity index (χ0) is 17.8. The zero-order valence-corrected chi connectivity index (χ0v) is 13.6. The molecule has 0 unspecified atom stereocenters. The van der Waals surface area contributed by atoms with Gasteiger partial charge in [-0.1, -0.05) is 36.8 Å². The molecule has 2 aliphatic heterocycles. The van der Waals surface area contributed by atoms with Gasteiger partial charge in [0.05, 0.1) is 24.1 Å². The highest BCUT2D eigenvalue weighted by atomic mass is 16.7. The number of nitriles is 3. The third-order valence-corrected chi connectivity index (χ3v) is 5.38. The fourth-order valence-electron chi connectivity index (χ4n) is 3.75. The Morgan fingerprint density at radius 3 is 2.17 bits per heavy atom. The van der Waals surface area contributed by atoms with Gasteiger partial charge in [-0.05, 0) is 12.5 Å². The Labute approximate surface area is 140 Å². The molecule has 0 aromatic heterocycles. The lowest BCUT2D eigenvalue weighted by molar-refractivity contribution is -0.268. The van der Waals surface area contributed by atoms with Crippen LogP contribution in [0.5, 0.6) is 0 Å². The second kappa shape index (κ2) is 4.81. The van der Waals surface area contributed by atoms with Crippen molar-refractivity contribution in [2.75, 3.05) is 0 Å². The number of hydrogen-bond donors (Lipinski definition) is 1. The SMILES string of the molecule is Cc1ccc([C@@H]2O[C@@]3(C)OC(=N)[C@](C#N)([C@H]3C)C2(C#N)C#N)cc1. The Hall–Kier alpha value is -2.88. The van der Waals surface area contributed by atoms with E-state index in [0.717, 1.165) is 5.56 Å². The minimum absolute atomic E-state index is 0.377. The van der Waals surface area contributed by atoms with Crippen LogP contribution in [0.4, 0.5) is 0 Å². The van der Waals surface area contributed by atoms with Crippen molar-refractivity contribution in [3.05, 3.63) is 35.4 Å². The molecule has 120 valence electrons. The van der Waals surface area contributed by atoms with Crippen LogP contribution in [0.1, 0.15) is 31.1 Å². The second-order valence-electron chi connectivity index (χ2n) is 6.53. The van der Waals surface area contributed by atoms with Gasteiger partial charge >= 0.3 is 0 Å². The van der Waals surface area contributed by atoms with Crippen molar-refractivity contribution >= 4 is 5.90 Å². The first-order chi connectivity index (χ1) is 11.3. The molecule has 4 atom stereocenters. The molecule has 0 spiro atoms. The van der Waals surface area contributed by atoms with E-state index < -0.39 is 28.6 Å². The average molecular weight is 320 g/mol. The van der Waals surface area contributed by atoms with Gasteiger partial charge in [0.2, 0.25) is 17.1 Å². The molecule has 6 heteroatoms. The van der Waals surface area contributed by atoms with E-state index in [1.165, 1.54) is 0 Å². The van der Waals surface area contributed by atoms with E-state index in [1.807, 2.05) is 31.2 Å². The lowest BCUT2D eigenvalue weighted by Crippen LogP contribution is -2.57. The zero-order valence-electron chi connectivity index (χ0n) is 13.6. The van der Waals surface area contributed by atoms with Gasteiger partial charge in [0.1, 0.15) is 6.10 Å². The Morgan fingerprint density at radius 1 is 1.08 bits per heavy atom. The van der Waals surface area contributed by atoms with Crippen LogP contribution in [-0.4, -0.2) is 11.7 Å². The summed E-state index contributed by atoms with van der Waals surface area (Å²) in [6.45, 7) is 5.25. The lowest BCUT2D eigenvalue weighted by Gasteiger charge is -2.47. The number of nitrogens with zero attached hydrogens (tertiary/aromatic N) is 3. The van der Waals surface area contributed by atoms with Gasteiger partial charge in [-0.15, -0.1) is 0 Å². The van der Waals surface area contributed by atoms with Gasteiger partial charge in [0.25, 0.3) is 0 Å². The van der Waals surface area contributed by atoms with E-state index in [-0.39, 0.29) is 5.90 Å². The molecule has 2 fully saturated rings. The van der Waals surface area contributed by atoms with Crippen molar-refractivity contribution in [2.24, 2.45) is 16.7 Å². The van der Waals surface area contributed by atoms with E-state index in [9.17, 15) is 15.8 Å². The molecule has 0 saturated carbocycles. The van der Waals surface area contributed by atoms with Gasteiger partial charge in [0.15, 0.2) is 5.41 Å². The van der Waals surface area contributed by atoms with E-state index in [2.05, 4.69) is 6.07 Å². The Morgan fingerprint density at radius 2 is 1.67 bits per heavy atom. The molecular weight excluding hydrogens is 304 g/mol. The molecule has 2 saturated heterocycles. The molecule has 0 radical (unpaired) electrons. The van der Waals surface area contributed by atoms with Crippen molar-refractivity contribution in [3.63, 3.8) is 0 Å². The van der Waals surface area contributed by atoms with Crippen LogP contribution in [0.2, 0.25) is 0 Å². The van der Waals surface area contributed by atoms with Crippen LogP contribution in [0.25, 0.3) is 0 Å². The molecule has 24 heavy (non-hydrogen) atoms. The minimum Gasteiger partial charge on any atom is -0.448 e. The maximum Gasteiger partial charge on any atom is 0.214 e. The first-order valence-corrected chi connectivity index (χ1v) is 7.57. The molecule has 2 bridgehead atoms. The predicted molar refractivity (Wildman–Crippen MR) is 83.1 cm³/mol. The monoisotopic (exact) mass is 320 g/mol. The molecule has 2 heterocycles. The quantitative estimate of drug-likeness (QED) is 0.854. The normalized spacial score (nSPS) is 36.1. The van der Waals surface area contributed by atoms with Gasteiger partial charge in [0, 0.05) is 6.92 Å². The Balaban J connectivity index is 2.31. The highest BCUT2D eigenvalue weighted by Crippen LogP contribution is 2.66. The molecule has 1 aromatic carbocycles. The van der Waals surface area contributed by atoms with E-state index in [4.69, 9.17) is 14.9 Å². The number of nitrogens with one attached hydrogen (secondary N) is 1. The number of hydrogen-bond acceptors (Lipinski definition) is 6. The van der Waals surface area contributed by atoms with Crippen LogP contribution in [0.3, 0.4) is 0 Å². The highest BCUT2D eigenvalue weighted by Gasteiger charge is 2.78. The van der Waals surface area contributed by atoms with Crippen LogP contribution in [0.15, 0.2) is 24.3 Å². The summed E-state index contributed by atoms with van der Waals surface area (Å²) in [6.07, 6.45) is -0.989. The molecule has 3 rings (SSSR count). The average Bonchev–Trinajstić information content (AvgIpc) is 2.71. The van der Waals surface area contributed by atoms with Crippen LogP contribution in [0, 0.1) is 63.1 Å².